The first-order chi connectivity index (χ1) is 17.7. The first-order valence-corrected chi connectivity index (χ1v) is 12.0. The molecule has 0 amide bonds. The highest BCUT2D eigenvalue weighted by Crippen LogP contribution is 2.34. The molecule has 37 heavy (non-hydrogen) atoms. The summed E-state index contributed by atoms with van der Waals surface area (Å²) < 4.78 is 5.89. The number of aliphatic hydroxyl groups excluding tert-OH is 1. The van der Waals surface area contributed by atoms with Crippen molar-refractivity contribution in [2.45, 2.75) is 24.5 Å². The number of benzene rings is 3. The molecule has 3 aromatic carbocycles. The highest BCUT2D eigenvalue weighted by Gasteiger charge is 2.34. The molecule has 0 unspecified atom stereocenters. The van der Waals surface area contributed by atoms with Crippen LogP contribution in [0.3, 0.4) is 0 Å². The molecule has 2 heterocycles. The maximum atomic E-state index is 11.3. The lowest BCUT2D eigenvalue weighted by molar-refractivity contribution is -0.159. The van der Waals surface area contributed by atoms with Crippen LogP contribution in [0.5, 0.6) is 5.75 Å². The fourth-order valence-electron chi connectivity index (χ4n) is 4.59. The maximum absolute atomic E-state index is 11.3. The summed E-state index contributed by atoms with van der Waals surface area (Å²) in [5, 5.41) is 39.9. The van der Waals surface area contributed by atoms with E-state index in [9.17, 15) is 10.2 Å². The minimum Gasteiger partial charge on any atom is -0.490 e. The van der Waals surface area contributed by atoms with Gasteiger partial charge in [-0.2, -0.15) is 0 Å². The molecule has 5 N–H and O–H groups in total. The zero-order chi connectivity index (χ0) is 26.4. The molecule has 0 radical (unpaired) electrons. The van der Waals surface area contributed by atoms with Gasteiger partial charge in [-0.25, -0.2) is 9.59 Å². The maximum Gasteiger partial charge on any atom is 0.414 e. The third-order valence-corrected chi connectivity index (χ3v) is 6.61. The van der Waals surface area contributed by atoms with Crippen LogP contribution in [0.2, 0.25) is 0 Å². The number of piperidine rings is 1. The van der Waals surface area contributed by atoms with Crippen LogP contribution >= 0.6 is 0 Å². The van der Waals surface area contributed by atoms with Gasteiger partial charge in [0.05, 0.1) is 5.60 Å². The van der Waals surface area contributed by atoms with Crippen LogP contribution in [-0.2, 0) is 15.2 Å². The fraction of sp³-hybridized carbons (Fsp3) is 0.286. The lowest BCUT2D eigenvalue weighted by Gasteiger charge is -2.39. The first kappa shape index (κ1) is 26.2. The second kappa shape index (κ2) is 11.4. The number of hydrogen-bond acceptors (Lipinski definition) is 6. The van der Waals surface area contributed by atoms with Crippen LogP contribution in [0.4, 0.5) is 0 Å². The van der Waals surface area contributed by atoms with E-state index in [1.54, 1.807) is 0 Å². The number of aromatic nitrogens is 1. The van der Waals surface area contributed by atoms with Crippen LogP contribution in [0.15, 0.2) is 72.9 Å². The molecule has 9 nitrogen and oxygen atoms in total. The van der Waals surface area contributed by atoms with E-state index in [0.717, 1.165) is 40.7 Å². The van der Waals surface area contributed by atoms with E-state index >= 15 is 0 Å². The molecular formula is C28H30N2O7. The van der Waals surface area contributed by atoms with Gasteiger partial charge in [0.15, 0.2) is 0 Å². The van der Waals surface area contributed by atoms with Gasteiger partial charge in [0.2, 0.25) is 0 Å². The summed E-state index contributed by atoms with van der Waals surface area (Å²) in [6.45, 7) is 2.27. The van der Waals surface area contributed by atoms with Gasteiger partial charge in [-0.3, -0.25) is 0 Å². The molecule has 1 aromatic heterocycles. The van der Waals surface area contributed by atoms with E-state index in [-0.39, 0.29) is 6.61 Å². The number of aliphatic hydroxyl groups is 2. The number of aliphatic carboxylic acids is 2. The topological polar surface area (TPSA) is 143 Å². The van der Waals surface area contributed by atoms with E-state index in [1.165, 1.54) is 5.39 Å². The largest absolute Gasteiger partial charge is 0.490 e. The number of hydrogen-bond donors (Lipinski definition) is 5. The molecule has 1 saturated heterocycles. The van der Waals surface area contributed by atoms with Crippen molar-refractivity contribution in [2.75, 3.05) is 26.2 Å². The SMILES string of the molecule is O=C(O)C(=O)O.O[C@H](COc1cccc2[nH]ccc12)CN1CCC(O)(c2ccc3ccccc3c2)CC1. The summed E-state index contributed by atoms with van der Waals surface area (Å²) >= 11 is 0. The molecule has 0 saturated carbocycles. The van der Waals surface area contributed by atoms with Crippen molar-refractivity contribution in [1.82, 2.24) is 9.88 Å². The van der Waals surface area contributed by atoms with E-state index in [2.05, 4.69) is 34.1 Å². The molecule has 5 rings (SSSR count). The van der Waals surface area contributed by atoms with Crippen LogP contribution in [-0.4, -0.2) is 74.6 Å². The Morgan fingerprint density at radius 1 is 0.946 bits per heavy atom. The standard InChI is InChI=1S/C26H28N2O3.C2H2O4/c29-22(18-31-25-7-3-6-24-23(25)10-13-27-24)17-28-14-11-26(30,12-15-28)21-9-8-19-4-1-2-5-20(19)16-21;3-1(4)2(5)6/h1-10,13,16,22,27,29-30H,11-12,14-15,17-18H2;(H,3,4)(H,5,6)/t22-;/m0./s1. The van der Waals surface area contributed by atoms with Crippen LogP contribution in [0.25, 0.3) is 21.7 Å². The van der Waals surface area contributed by atoms with Crippen molar-refractivity contribution in [3.05, 3.63) is 78.5 Å². The number of carboxylic acids is 2. The molecule has 0 bridgehead atoms. The average Bonchev–Trinajstić information content (AvgIpc) is 3.39. The Morgan fingerprint density at radius 2 is 1.65 bits per heavy atom. The van der Waals surface area contributed by atoms with Gasteiger partial charge in [-0.15, -0.1) is 0 Å². The number of β-amino-alcohol motifs (C(OH)–C–C–N with tert-alkyl or cyclic N) is 1. The number of carboxylic acid groups (broad SMARTS) is 2. The predicted octanol–water partition coefficient (Wildman–Crippen LogP) is 3.20. The van der Waals surface area contributed by atoms with Gasteiger partial charge in [0, 0.05) is 36.7 Å². The number of ether oxygens (including phenoxy) is 1. The van der Waals surface area contributed by atoms with Gasteiger partial charge in [0.25, 0.3) is 0 Å². The molecule has 4 aromatic rings. The molecule has 0 spiro atoms. The highest BCUT2D eigenvalue weighted by atomic mass is 16.5. The molecule has 0 aliphatic carbocycles. The van der Waals surface area contributed by atoms with Crippen molar-refractivity contribution in [3.63, 3.8) is 0 Å². The minimum absolute atomic E-state index is 0.246. The summed E-state index contributed by atoms with van der Waals surface area (Å²) in [7, 11) is 0. The normalized spacial score (nSPS) is 16.1. The third-order valence-electron chi connectivity index (χ3n) is 6.61. The van der Waals surface area contributed by atoms with Crippen molar-refractivity contribution in [3.8, 4) is 5.75 Å². The third kappa shape index (κ3) is 6.45. The zero-order valence-corrected chi connectivity index (χ0v) is 20.2. The molecule has 1 aliphatic rings. The fourth-order valence-corrected chi connectivity index (χ4v) is 4.59. The monoisotopic (exact) mass is 506 g/mol. The molecule has 1 aliphatic heterocycles. The van der Waals surface area contributed by atoms with Crippen molar-refractivity contribution in [1.29, 1.82) is 0 Å². The number of rotatable bonds is 6. The Hall–Kier alpha value is -3.92. The molecule has 1 atom stereocenters. The van der Waals surface area contributed by atoms with Gasteiger partial charge >= 0.3 is 11.9 Å². The molecule has 194 valence electrons. The number of H-pyrrole nitrogens is 1. The lowest BCUT2D eigenvalue weighted by atomic mass is 9.83. The summed E-state index contributed by atoms with van der Waals surface area (Å²) in [6.07, 6.45) is 2.61. The zero-order valence-electron chi connectivity index (χ0n) is 20.2. The van der Waals surface area contributed by atoms with Crippen molar-refractivity contribution >= 4 is 33.6 Å². The number of likely N-dealkylation sites (tertiary alicyclic amines) is 1. The van der Waals surface area contributed by atoms with Gasteiger partial charge in [-0.05, 0) is 53.4 Å². The van der Waals surface area contributed by atoms with Crippen LogP contribution in [0.1, 0.15) is 18.4 Å². The van der Waals surface area contributed by atoms with E-state index < -0.39 is 23.6 Å². The Bertz CT molecular complexity index is 1360. The Balaban J connectivity index is 0.000000480. The van der Waals surface area contributed by atoms with E-state index in [4.69, 9.17) is 24.5 Å². The van der Waals surface area contributed by atoms with E-state index in [1.807, 2.05) is 48.7 Å². The quantitative estimate of drug-likeness (QED) is 0.251. The van der Waals surface area contributed by atoms with Gasteiger partial charge in [-0.1, -0.05) is 42.5 Å². The summed E-state index contributed by atoms with van der Waals surface area (Å²) in [5.74, 6) is -2.87. The Labute approximate surface area is 213 Å². The predicted molar refractivity (Wildman–Crippen MR) is 139 cm³/mol. The molecule has 9 heteroatoms. The molecular weight excluding hydrogens is 476 g/mol. The van der Waals surface area contributed by atoms with Gasteiger partial charge < -0.3 is 35.0 Å². The first-order valence-electron chi connectivity index (χ1n) is 12.0. The second-order valence-corrected chi connectivity index (χ2v) is 9.16. The Morgan fingerprint density at radius 3 is 2.35 bits per heavy atom. The molecule has 1 fully saturated rings. The second-order valence-electron chi connectivity index (χ2n) is 9.16. The number of carbonyl (C=O) groups is 2. The van der Waals surface area contributed by atoms with E-state index in [0.29, 0.717) is 19.4 Å². The van der Waals surface area contributed by atoms with Crippen LogP contribution in [0, 0.1) is 0 Å². The van der Waals surface area contributed by atoms with Crippen LogP contribution < -0.4 is 4.74 Å². The number of nitrogens with zero attached hydrogens (tertiary/aromatic N) is 1. The smallest absolute Gasteiger partial charge is 0.414 e. The highest BCUT2D eigenvalue weighted by molar-refractivity contribution is 6.27. The average molecular weight is 507 g/mol. The van der Waals surface area contributed by atoms with Gasteiger partial charge in [0.1, 0.15) is 18.5 Å². The summed E-state index contributed by atoms with van der Waals surface area (Å²) in [6, 6.07) is 22.3. The minimum atomic E-state index is -1.82. The van der Waals surface area contributed by atoms with Crippen molar-refractivity contribution < 1.29 is 34.8 Å². The van der Waals surface area contributed by atoms with Crippen molar-refractivity contribution in [2.24, 2.45) is 0 Å². The summed E-state index contributed by atoms with van der Waals surface area (Å²) in [5.41, 5.74) is 1.19. The number of aromatic amines is 1. The Kier molecular flexibility index (Phi) is 8.08. The number of fused-ring (bicyclic) bond motifs is 2. The summed E-state index contributed by atoms with van der Waals surface area (Å²) in [4.78, 5) is 23.6. The lowest BCUT2D eigenvalue weighted by Crippen LogP contribution is -2.46. The number of nitrogens with one attached hydrogen (secondary N) is 1.